The Kier molecular flexibility index (Phi) is 5.31. The van der Waals surface area contributed by atoms with E-state index in [0.29, 0.717) is 19.1 Å². The Morgan fingerprint density at radius 1 is 1.41 bits per heavy atom. The summed E-state index contributed by atoms with van der Waals surface area (Å²) in [6, 6.07) is 2.00. The lowest BCUT2D eigenvalue weighted by atomic mass is 10.2. The molecular weight excluding hydrogens is 216 g/mol. The maximum Gasteiger partial charge on any atom is 0.133 e. The third-order valence-corrected chi connectivity index (χ3v) is 2.39. The quantitative estimate of drug-likeness (QED) is 0.781. The number of nitrogens with two attached hydrogens (primary N) is 1. The first kappa shape index (κ1) is 13.9. The van der Waals surface area contributed by atoms with Crippen LogP contribution < -0.4 is 11.1 Å². The summed E-state index contributed by atoms with van der Waals surface area (Å²) in [7, 11) is 1.66. The van der Waals surface area contributed by atoms with Crippen molar-refractivity contribution in [3.05, 3.63) is 17.6 Å². The van der Waals surface area contributed by atoms with Crippen LogP contribution in [-0.2, 0) is 4.74 Å². The molecule has 0 bridgehead atoms. The Balaban J connectivity index is 2.82. The molecule has 0 aliphatic rings. The summed E-state index contributed by atoms with van der Waals surface area (Å²) in [5.74, 6) is 1.98. The third kappa shape index (κ3) is 4.28. The van der Waals surface area contributed by atoms with Crippen molar-refractivity contribution in [2.45, 2.75) is 32.7 Å². The third-order valence-electron chi connectivity index (χ3n) is 2.39. The van der Waals surface area contributed by atoms with Crippen LogP contribution in [0.5, 0.6) is 0 Å². The predicted octanol–water partition coefficient (Wildman–Crippen LogP) is 1.29. The summed E-state index contributed by atoms with van der Waals surface area (Å²) >= 11 is 0. The first-order valence-electron chi connectivity index (χ1n) is 5.88. The summed E-state index contributed by atoms with van der Waals surface area (Å²) in [6.45, 7) is 7.19. The summed E-state index contributed by atoms with van der Waals surface area (Å²) in [5, 5.41) is 3.26. The standard InChI is InChI=1S/C12H22N4O/c1-8(2)12-14-9(3)5-11(16-12)15-10(6-13)7-17-4/h5,8,10H,6-7,13H2,1-4H3,(H,14,15,16). The Bertz CT molecular complexity index is 354. The molecule has 0 spiro atoms. The fourth-order valence-electron chi connectivity index (χ4n) is 1.50. The molecule has 0 saturated heterocycles. The molecule has 1 aromatic rings. The number of hydrogen-bond donors (Lipinski definition) is 2. The molecule has 0 fully saturated rings. The van der Waals surface area contributed by atoms with Gasteiger partial charge < -0.3 is 15.8 Å². The molecule has 96 valence electrons. The van der Waals surface area contributed by atoms with Crippen LogP contribution in [0.25, 0.3) is 0 Å². The summed E-state index contributed by atoms with van der Waals surface area (Å²) in [6.07, 6.45) is 0. The number of aromatic nitrogens is 2. The maximum atomic E-state index is 5.66. The van der Waals surface area contributed by atoms with Crippen LogP contribution >= 0.6 is 0 Å². The van der Waals surface area contributed by atoms with Crippen LogP contribution in [0.3, 0.4) is 0 Å². The van der Waals surface area contributed by atoms with Gasteiger partial charge in [0.2, 0.25) is 0 Å². The lowest BCUT2D eigenvalue weighted by Gasteiger charge is -2.17. The molecule has 17 heavy (non-hydrogen) atoms. The second-order valence-electron chi connectivity index (χ2n) is 4.44. The first-order valence-corrected chi connectivity index (χ1v) is 5.88. The van der Waals surface area contributed by atoms with Gasteiger partial charge in [0.05, 0.1) is 12.6 Å². The van der Waals surface area contributed by atoms with Crippen LogP contribution in [0.1, 0.15) is 31.3 Å². The number of anilines is 1. The van der Waals surface area contributed by atoms with Crippen molar-refractivity contribution < 1.29 is 4.74 Å². The summed E-state index contributed by atoms with van der Waals surface area (Å²) < 4.78 is 5.09. The van der Waals surface area contributed by atoms with E-state index >= 15 is 0 Å². The molecule has 1 unspecified atom stereocenters. The molecule has 1 aromatic heterocycles. The van der Waals surface area contributed by atoms with Gasteiger partial charge in [0, 0.05) is 31.3 Å². The van der Waals surface area contributed by atoms with Gasteiger partial charge in [0.1, 0.15) is 11.6 Å². The number of rotatable bonds is 6. The number of methoxy groups -OCH3 is 1. The highest BCUT2D eigenvalue weighted by Crippen LogP contribution is 2.14. The number of aryl methyl sites for hydroxylation is 1. The van der Waals surface area contributed by atoms with Crippen LogP contribution in [-0.4, -0.2) is 36.3 Å². The molecule has 5 heteroatoms. The van der Waals surface area contributed by atoms with E-state index in [1.165, 1.54) is 0 Å². The molecule has 0 aliphatic carbocycles. The molecule has 1 atom stereocenters. The van der Waals surface area contributed by atoms with Gasteiger partial charge >= 0.3 is 0 Å². The Morgan fingerprint density at radius 3 is 2.65 bits per heavy atom. The lowest BCUT2D eigenvalue weighted by Crippen LogP contribution is -2.33. The number of ether oxygens (including phenoxy) is 1. The van der Waals surface area contributed by atoms with E-state index in [4.69, 9.17) is 10.5 Å². The SMILES string of the molecule is COCC(CN)Nc1cc(C)nc(C(C)C)n1. The van der Waals surface area contributed by atoms with Gasteiger partial charge in [-0.15, -0.1) is 0 Å². The second kappa shape index (κ2) is 6.51. The monoisotopic (exact) mass is 238 g/mol. The first-order chi connectivity index (χ1) is 8.06. The molecule has 0 radical (unpaired) electrons. The average Bonchev–Trinajstić information content (AvgIpc) is 2.27. The normalized spacial score (nSPS) is 12.8. The number of nitrogens with zero attached hydrogens (tertiary/aromatic N) is 2. The molecule has 0 amide bonds. The largest absolute Gasteiger partial charge is 0.383 e. The van der Waals surface area contributed by atoms with E-state index in [9.17, 15) is 0 Å². The van der Waals surface area contributed by atoms with Crippen LogP contribution in [0.4, 0.5) is 5.82 Å². The van der Waals surface area contributed by atoms with E-state index in [1.54, 1.807) is 7.11 Å². The van der Waals surface area contributed by atoms with Crippen molar-refractivity contribution >= 4 is 5.82 Å². The smallest absolute Gasteiger partial charge is 0.133 e. The average molecular weight is 238 g/mol. The van der Waals surface area contributed by atoms with E-state index < -0.39 is 0 Å². The van der Waals surface area contributed by atoms with Crippen molar-refractivity contribution in [3.8, 4) is 0 Å². The fraction of sp³-hybridized carbons (Fsp3) is 0.667. The second-order valence-corrected chi connectivity index (χ2v) is 4.44. The highest BCUT2D eigenvalue weighted by molar-refractivity contribution is 5.37. The molecule has 3 N–H and O–H groups in total. The topological polar surface area (TPSA) is 73.1 Å². The van der Waals surface area contributed by atoms with Gasteiger partial charge in [-0.05, 0) is 6.92 Å². The van der Waals surface area contributed by atoms with Crippen LogP contribution in [0.2, 0.25) is 0 Å². The summed E-state index contributed by atoms with van der Waals surface area (Å²) in [5.41, 5.74) is 6.61. The summed E-state index contributed by atoms with van der Waals surface area (Å²) in [4.78, 5) is 8.87. The molecule has 1 rings (SSSR count). The molecule has 0 aromatic carbocycles. The van der Waals surface area contributed by atoms with Gasteiger partial charge in [-0.25, -0.2) is 9.97 Å². The van der Waals surface area contributed by atoms with Gasteiger partial charge in [0.25, 0.3) is 0 Å². The van der Waals surface area contributed by atoms with Crippen molar-refractivity contribution in [1.82, 2.24) is 9.97 Å². The van der Waals surface area contributed by atoms with Gasteiger partial charge in [-0.1, -0.05) is 13.8 Å². The van der Waals surface area contributed by atoms with Crippen molar-refractivity contribution in [1.29, 1.82) is 0 Å². The van der Waals surface area contributed by atoms with Crippen molar-refractivity contribution in [2.24, 2.45) is 5.73 Å². The van der Waals surface area contributed by atoms with E-state index in [-0.39, 0.29) is 6.04 Å². The molecular formula is C12H22N4O. The Morgan fingerprint density at radius 2 is 2.12 bits per heavy atom. The molecule has 1 heterocycles. The zero-order chi connectivity index (χ0) is 12.8. The van der Waals surface area contributed by atoms with Gasteiger partial charge in [-0.2, -0.15) is 0 Å². The van der Waals surface area contributed by atoms with Gasteiger partial charge in [-0.3, -0.25) is 0 Å². The highest BCUT2D eigenvalue weighted by atomic mass is 16.5. The van der Waals surface area contributed by atoms with E-state index in [1.807, 2.05) is 13.0 Å². The van der Waals surface area contributed by atoms with Crippen molar-refractivity contribution in [2.75, 3.05) is 25.6 Å². The molecule has 0 saturated carbocycles. The highest BCUT2D eigenvalue weighted by Gasteiger charge is 2.10. The van der Waals surface area contributed by atoms with E-state index in [2.05, 4.69) is 29.1 Å². The molecule has 5 nitrogen and oxygen atoms in total. The zero-order valence-corrected chi connectivity index (χ0v) is 11.0. The van der Waals surface area contributed by atoms with E-state index in [0.717, 1.165) is 17.3 Å². The number of hydrogen-bond acceptors (Lipinski definition) is 5. The number of nitrogens with one attached hydrogen (secondary N) is 1. The van der Waals surface area contributed by atoms with Crippen molar-refractivity contribution in [3.63, 3.8) is 0 Å². The minimum Gasteiger partial charge on any atom is -0.383 e. The lowest BCUT2D eigenvalue weighted by molar-refractivity contribution is 0.187. The minimum absolute atomic E-state index is 0.0781. The van der Waals surface area contributed by atoms with Crippen LogP contribution in [0.15, 0.2) is 6.07 Å². The molecule has 0 aliphatic heterocycles. The minimum atomic E-state index is 0.0781. The van der Waals surface area contributed by atoms with Crippen LogP contribution in [0, 0.1) is 6.92 Å². The Labute approximate surface area is 103 Å². The zero-order valence-electron chi connectivity index (χ0n) is 11.0. The van der Waals surface area contributed by atoms with Gasteiger partial charge in [0.15, 0.2) is 0 Å². The Hall–Kier alpha value is -1.20. The fourth-order valence-corrected chi connectivity index (χ4v) is 1.50. The maximum absolute atomic E-state index is 5.66. The predicted molar refractivity (Wildman–Crippen MR) is 69.2 cm³/mol.